The second kappa shape index (κ2) is 8.23. The average molecular weight is 445 g/mol. The summed E-state index contributed by atoms with van der Waals surface area (Å²) >= 11 is 0. The van der Waals surface area contributed by atoms with E-state index in [4.69, 9.17) is 9.97 Å². The normalized spacial score (nSPS) is 12.6. The largest absolute Gasteiger partial charge is 0.354 e. The molecule has 6 heteroatoms. The number of aromatic amines is 1. The predicted octanol–water partition coefficient (Wildman–Crippen LogP) is 5.96. The molecule has 2 N–H and O–H groups in total. The molecule has 4 heterocycles. The van der Waals surface area contributed by atoms with Crippen molar-refractivity contribution in [2.45, 2.75) is 26.2 Å². The maximum absolute atomic E-state index is 4.85. The van der Waals surface area contributed by atoms with E-state index in [1.165, 1.54) is 24.0 Å². The summed E-state index contributed by atoms with van der Waals surface area (Å²) in [4.78, 5) is 13.6. The summed E-state index contributed by atoms with van der Waals surface area (Å²) < 4.78 is 0. The Balaban J connectivity index is 1.32. The Kier molecular flexibility index (Phi) is 4.91. The van der Waals surface area contributed by atoms with Crippen molar-refractivity contribution in [2.75, 3.05) is 5.32 Å². The number of anilines is 1. The Hall–Kier alpha value is -4.32. The van der Waals surface area contributed by atoms with Crippen molar-refractivity contribution in [1.29, 1.82) is 0 Å². The molecule has 0 bridgehead atoms. The number of fused-ring (bicyclic) bond motifs is 2. The molecule has 6 nitrogen and oxygen atoms in total. The Bertz CT molecular complexity index is 1530. The monoisotopic (exact) mass is 444 g/mol. The van der Waals surface area contributed by atoms with E-state index in [0.717, 1.165) is 51.2 Å². The molecule has 0 spiro atoms. The van der Waals surface area contributed by atoms with Gasteiger partial charge in [-0.2, -0.15) is 5.10 Å². The highest BCUT2D eigenvalue weighted by molar-refractivity contribution is 5.91. The second-order valence-corrected chi connectivity index (χ2v) is 8.67. The van der Waals surface area contributed by atoms with Crippen LogP contribution in [0, 0.1) is 6.92 Å². The number of nitrogens with one attached hydrogen (secondary N) is 2. The Labute approximate surface area is 197 Å². The van der Waals surface area contributed by atoms with E-state index in [2.05, 4.69) is 52.2 Å². The van der Waals surface area contributed by atoms with E-state index in [1.54, 1.807) is 12.4 Å². The summed E-state index contributed by atoms with van der Waals surface area (Å²) in [6, 6.07) is 16.6. The van der Waals surface area contributed by atoms with Gasteiger partial charge in [-0.05, 0) is 79.3 Å². The van der Waals surface area contributed by atoms with Gasteiger partial charge < -0.3 is 5.32 Å². The zero-order valence-electron chi connectivity index (χ0n) is 19.0. The molecule has 0 atom stereocenters. The van der Waals surface area contributed by atoms with Gasteiger partial charge in [0.1, 0.15) is 11.2 Å². The fraction of sp³-hybridized carbons (Fsp3) is 0.143. The highest BCUT2D eigenvalue weighted by Gasteiger charge is 2.16. The number of aromatic nitrogens is 5. The molecule has 0 unspecified atom stereocenters. The minimum atomic E-state index is 0.680. The van der Waals surface area contributed by atoms with Crippen LogP contribution in [0.4, 0.5) is 5.69 Å². The van der Waals surface area contributed by atoms with Gasteiger partial charge in [0, 0.05) is 35.4 Å². The van der Waals surface area contributed by atoms with Gasteiger partial charge in [-0.1, -0.05) is 18.7 Å². The topological polar surface area (TPSA) is 79.4 Å². The van der Waals surface area contributed by atoms with Crippen LogP contribution in [-0.4, -0.2) is 25.1 Å². The van der Waals surface area contributed by atoms with E-state index in [9.17, 15) is 0 Å². The molecule has 0 saturated carbocycles. The lowest BCUT2D eigenvalue weighted by molar-refractivity contribution is 0.912. The molecule has 0 aliphatic heterocycles. The lowest BCUT2D eigenvalue weighted by Gasteiger charge is -2.14. The van der Waals surface area contributed by atoms with Crippen LogP contribution in [0.3, 0.4) is 0 Å². The van der Waals surface area contributed by atoms with Crippen molar-refractivity contribution in [3.8, 4) is 22.5 Å². The van der Waals surface area contributed by atoms with Gasteiger partial charge >= 0.3 is 0 Å². The van der Waals surface area contributed by atoms with Crippen molar-refractivity contribution >= 4 is 22.4 Å². The van der Waals surface area contributed by atoms with E-state index in [-0.39, 0.29) is 0 Å². The summed E-state index contributed by atoms with van der Waals surface area (Å²) in [5.74, 6) is 0. The SMILES string of the molecule is C=C(Nc1ccnc(-c2ccc3c(c2)CCC3)c1C)c1n[nH]c2ccc(-c3ccncc3)nc12. The first-order valence-electron chi connectivity index (χ1n) is 11.5. The first-order valence-corrected chi connectivity index (χ1v) is 11.5. The van der Waals surface area contributed by atoms with E-state index in [1.807, 2.05) is 36.5 Å². The molecule has 5 aromatic rings. The Morgan fingerprint density at radius 2 is 1.79 bits per heavy atom. The van der Waals surface area contributed by atoms with Crippen LogP contribution < -0.4 is 5.32 Å². The number of nitrogens with zero attached hydrogens (tertiary/aromatic N) is 4. The quantitative estimate of drug-likeness (QED) is 0.350. The number of H-pyrrole nitrogens is 1. The first-order chi connectivity index (χ1) is 16.7. The molecule has 6 rings (SSSR count). The van der Waals surface area contributed by atoms with Crippen LogP contribution in [-0.2, 0) is 12.8 Å². The number of hydrogen-bond donors (Lipinski definition) is 2. The van der Waals surface area contributed by atoms with Crippen molar-refractivity contribution in [1.82, 2.24) is 25.1 Å². The first kappa shape index (κ1) is 20.3. The fourth-order valence-electron chi connectivity index (χ4n) is 4.70. The predicted molar refractivity (Wildman–Crippen MR) is 136 cm³/mol. The van der Waals surface area contributed by atoms with Gasteiger partial charge in [0.15, 0.2) is 0 Å². The lowest BCUT2D eigenvalue weighted by Crippen LogP contribution is -2.02. The van der Waals surface area contributed by atoms with Gasteiger partial charge in [0.25, 0.3) is 0 Å². The zero-order valence-corrected chi connectivity index (χ0v) is 19.0. The molecule has 0 radical (unpaired) electrons. The lowest BCUT2D eigenvalue weighted by atomic mass is 10.0. The van der Waals surface area contributed by atoms with Crippen molar-refractivity contribution in [3.63, 3.8) is 0 Å². The van der Waals surface area contributed by atoms with Crippen LogP contribution in [0.5, 0.6) is 0 Å². The number of benzene rings is 1. The smallest absolute Gasteiger partial charge is 0.134 e. The highest BCUT2D eigenvalue weighted by atomic mass is 15.1. The third kappa shape index (κ3) is 3.53. The Morgan fingerprint density at radius 3 is 2.68 bits per heavy atom. The van der Waals surface area contributed by atoms with Crippen molar-refractivity contribution in [2.24, 2.45) is 0 Å². The zero-order chi connectivity index (χ0) is 23.1. The van der Waals surface area contributed by atoms with Gasteiger partial charge in [-0.25, -0.2) is 4.98 Å². The van der Waals surface area contributed by atoms with Crippen LogP contribution in [0.25, 0.3) is 39.2 Å². The van der Waals surface area contributed by atoms with E-state index in [0.29, 0.717) is 11.4 Å². The average Bonchev–Trinajstić information content (AvgIpc) is 3.52. The molecule has 1 aliphatic carbocycles. The van der Waals surface area contributed by atoms with Crippen molar-refractivity contribution < 1.29 is 0 Å². The van der Waals surface area contributed by atoms with Crippen LogP contribution in [0.2, 0.25) is 0 Å². The summed E-state index contributed by atoms with van der Waals surface area (Å²) in [6.07, 6.45) is 8.94. The number of pyridine rings is 3. The maximum atomic E-state index is 4.85. The maximum Gasteiger partial charge on any atom is 0.134 e. The highest BCUT2D eigenvalue weighted by Crippen LogP contribution is 2.32. The molecule has 0 fully saturated rings. The summed E-state index contributed by atoms with van der Waals surface area (Å²) in [5, 5.41) is 11.0. The third-order valence-electron chi connectivity index (χ3n) is 6.53. The summed E-state index contributed by atoms with van der Waals surface area (Å²) in [5.41, 5.74) is 12.0. The van der Waals surface area contributed by atoms with Crippen LogP contribution in [0.15, 0.2) is 73.7 Å². The fourth-order valence-corrected chi connectivity index (χ4v) is 4.70. The number of rotatable bonds is 5. The molecular formula is C28H24N6. The molecule has 0 saturated heterocycles. The van der Waals surface area contributed by atoms with Gasteiger partial charge in [0.05, 0.1) is 22.6 Å². The number of aryl methyl sites for hydroxylation is 2. The summed E-state index contributed by atoms with van der Waals surface area (Å²) in [6.45, 7) is 6.36. The van der Waals surface area contributed by atoms with Gasteiger partial charge in [0.2, 0.25) is 0 Å². The second-order valence-electron chi connectivity index (χ2n) is 8.67. The molecule has 1 aromatic carbocycles. The van der Waals surface area contributed by atoms with E-state index < -0.39 is 0 Å². The van der Waals surface area contributed by atoms with E-state index >= 15 is 0 Å². The number of hydrogen-bond acceptors (Lipinski definition) is 5. The van der Waals surface area contributed by atoms with Gasteiger partial charge in [-0.15, -0.1) is 0 Å². The van der Waals surface area contributed by atoms with Crippen LogP contribution in [0.1, 0.15) is 28.8 Å². The minimum Gasteiger partial charge on any atom is -0.354 e. The summed E-state index contributed by atoms with van der Waals surface area (Å²) in [7, 11) is 0. The minimum absolute atomic E-state index is 0.680. The third-order valence-corrected chi connectivity index (χ3v) is 6.53. The van der Waals surface area contributed by atoms with Crippen molar-refractivity contribution in [3.05, 3.63) is 96.1 Å². The molecule has 166 valence electrons. The molecule has 4 aromatic heterocycles. The molecular weight excluding hydrogens is 420 g/mol. The molecule has 0 amide bonds. The molecule has 34 heavy (non-hydrogen) atoms. The van der Waals surface area contributed by atoms with Crippen LogP contribution >= 0.6 is 0 Å². The Morgan fingerprint density at radius 1 is 0.941 bits per heavy atom. The molecule has 1 aliphatic rings. The standard InChI is InChI=1S/C28H24N6/c1-17-23(12-15-30-26(17)22-7-6-19-4-3-5-21(19)16-22)31-18(2)27-28-25(33-34-27)9-8-24(32-28)20-10-13-29-14-11-20/h6-16H,2-5H2,1H3,(H,30,31)(H,33,34). The van der Waals surface area contributed by atoms with Gasteiger partial charge in [-0.3, -0.25) is 15.1 Å².